The van der Waals surface area contributed by atoms with E-state index in [1.54, 1.807) is 12.4 Å². The van der Waals surface area contributed by atoms with E-state index in [2.05, 4.69) is 16.9 Å². The first-order valence-corrected chi connectivity index (χ1v) is 9.78. The third-order valence-corrected chi connectivity index (χ3v) is 6.34. The fraction of sp³-hybridized carbons (Fsp3) is 0.700. The molecule has 7 nitrogen and oxygen atoms in total. The van der Waals surface area contributed by atoms with Gasteiger partial charge in [0.25, 0.3) is 5.91 Å². The molecular formula is C20H28N4O3. The van der Waals surface area contributed by atoms with Crippen LogP contribution in [0.4, 0.5) is 4.79 Å². The normalized spacial score (nSPS) is 32.4. The fourth-order valence-corrected chi connectivity index (χ4v) is 5.38. The predicted octanol–water partition coefficient (Wildman–Crippen LogP) is 2.87. The molecule has 0 spiro atoms. The summed E-state index contributed by atoms with van der Waals surface area (Å²) in [4.78, 5) is 38.0. The molecule has 1 aromatic rings. The number of piperidine rings is 1. The molecule has 2 aliphatic heterocycles. The summed E-state index contributed by atoms with van der Waals surface area (Å²) < 4.78 is 5.68. The summed E-state index contributed by atoms with van der Waals surface area (Å²) in [6, 6.07) is 0.267. The van der Waals surface area contributed by atoms with Gasteiger partial charge >= 0.3 is 6.09 Å². The number of ether oxygens (including phenoxy) is 1. The number of carbonyl (C=O) groups is 2. The molecule has 1 aliphatic carbocycles. The van der Waals surface area contributed by atoms with Crippen molar-refractivity contribution in [1.82, 2.24) is 19.8 Å². The van der Waals surface area contributed by atoms with Crippen molar-refractivity contribution in [2.45, 2.75) is 77.1 Å². The van der Waals surface area contributed by atoms with Gasteiger partial charge in [0.2, 0.25) is 0 Å². The molecular weight excluding hydrogens is 344 g/mol. The summed E-state index contributed by atoms with van der Waals surface area (Å²) in [6.45, 7) is 8.44. The Kier molecular flexibility index (Phi) is 4.16. The Morgan fingerprint density at radius 3 is 2.52 bits per heavy atom. The van der Waals surface area contributed by atoms with E-state index in [-0.39, 0.29) is 35.5 Å². The van der Waals surface area contributed by atoms with E-state index in [0.29, 0.717) is 12.1 Å². The largest absolute Gasteiger partial charge is 0.444 e. The molecule has 7 heteroatoms. The molecule has 4 atom stereocenters. The van der Waals surface area contributed by atoms with Gasteiger partial charge in [-0.1, -0.05) is 6.92 Å². The molecule has 1 saturated carbocycles. The molecule has 0 unspecified atom stereocenters. The van der Waals surface area contributed by atoms with Crippen molar-refractivity contribution in [3.8, 4) is 0 Å². The van der Waals surface area contributed by atoms with Crippen LogP contribution >= 0.6 is 0 Å². The minimum absolute atomic E-state index is 0.00887. The van der Waals surface area contributed by atoms with E-state index >= 15 is 0 Å². The molecule has 3 fully saturated rings. The highest BCUT2D eigenvalue weighted by Crippen LogP contribution is 2.54. The zero-order valence-corrected chi connectivity index (χ0v) is 16.5. The SMILES string of the molecule is CC(C)(C)OC(=O)N1C[C@@H]2C[C@@]3(C)[C@H](CCC[C@@H]13)N2C(=O)c1cncnc1. The number of hydrogen-bond acceptors (Lipinski definition) is 5. The van der Waals surface area contributed by atoms with Gasteiger partial charge in [0.05, 0.1) is 11.6 Å². The highest BCUT2D eigenvalue weighted by molar-refractivity contribution is 5.94. The molecule has 2 amide bonds. The second kappa shape index (κ2) is 6.17. The maximum absolute atomic E-state index is 13.2. The van der Waals surface area contributed by atoms with Crippen molar-refractivity contribution in [1.29, 1.82) is 0 Å². The maximum atomic E-state index is 13.2. The van der Waals surface area contributed by atoms with Gasteiger partial charge in [-0.2, -0.15) is 0 Å². The lowest BCUT2D eigenvalue weighted by Gasteiger charge is -2.49. The number of amides is 2. The molecule has 2 bridgehead atoms. The Hall–Kier alpha value is -2.18. The Morgan fingerprint density at radius 1 is 1.19 bits per heavy atom. The van der Waals surface area contributed by atoms with Crippen molar-refractivity contribution in [3.63, 3.8) is 0 Å². The summed E-state index contributed by atoms with van der Waals surface area (Å²) in [7, 11) is 0. The number of likely N-dealkylation sites (tertiary alicyclic amines) is 2. The van der Waals surface area contributed by atoms with Crippen molar-refractivity contribution >= 4 is 12.0 Å². The lowest BCUT2D eigenvalue weighted by molar-refractivity contribution is -0.0247. The standard InChI is InChI=1S/C20H28N4O3/c1-19(2,3)27-18(26)23-11-14-8-20(4)15(23)6-5-7-16(20)24(14)17(25)13-9-21-12-22-10-13/h9-10,12,14-16H,5-8,11H2,1-4H3/t14-,15+,16-,20+/m0/s1. The number of carbonyl (C=O) groups excluding carboxylic acids is 2. The van der Waals surface area contributed by atoms with E-state index in [1.807, 2.05) is 30.6 Å². The average Bonchev–Trinajstić information content (AvgIpc) is 2.90. The van der Waals surface area contributed by atoms with Gasteiger partial charge in [0.1, 0.15) is 11.9 Å². The van der Waals surface area contributed by atoms with Gasteiger partial charge in [0.15, 0.2) is 0 Å². The monoisotopic (exact) mass is 372 g/mol. The van der Waals surface area contributed by atoms with Crippen LogP contribution in [0.5, 0.6) is 0 Å². The first-order chi connectivity index (χ1) is 12.7. The third-order valence-electron chi connectivity index (χ3n) is 6.34. The van der Waals surface area contributed by atoms with Gasteiger partial charge in [-0.15, -0.1) is 0 Å². The zero-order chi connectivity index (χ0) is 19.4. The van der Waals surface area contributed by atoms with Gasteiger partial charge in [-0.3, -0.25) is 4.79 Å². The number of fused-ring (bicyclic) bond motifs is 1. The predicted molar refractivity (Wildman–Crippen MR) is 99.1 cm³/mol. The van der Waals surface area contributed by atoms with Crippen LogP contribution in [0.3, 0.4) is 0 Å². The van der Waals surface area contributed by atoms with Gasteiger partial charge in [-0.25, -0.2) is 14.8 Å². The lowest BCUT2D eigenvalue weighted by atomic mass is 9.66. The van der Waals surface area contributed by atoms with Crippen molar-refractivity contribution in [2.75, 3.05) is 6.54 Å². The summed E-state index contributed by atoms with van der Waals surface area (Å²) in [5, 5.41) is 0. The molecule has 0 radical (unpaired) electrons. The summed E-state index contributed by atoms with van der Waals surface area (Å²) in [5.74, 6) is -0.0268. The molecule has 27 heavy (non-hydrogen) atoms. The lowest BCUT2D eigenvalue weighted by Crippen LogP contribution is -2.58. The van der Waals surface area contributed by atoms with Gasteiger partial charge in [-0.05, 0) is 46.5 Å². The quantitative estimate of drug-likeness (QED) is 0.758. The molecule has 0 N–H and O–H groups in total. The Morgan fingerprint density at radius 2 is 1.85 bits per heavy atom. The van der Waals surface area contributed by atoms with Crippen LogP contribution in [-0.4, -0.2) is 62.0 Å². The van der Waals surface area contributed by atoms with Crippen LogP contribution in [-0.2, 0) is 4.74 Å². The highest BCUT2D eigenvalue weighted by Gasteiger charge is 2.62. The third kappa shape index (κ3) is 2.97. The number of aromatic nitrogens is 2. The topological polar surface area (TPSA) is 75.6 Å². The Balaban J connectivity index is 1.66. The van der Waals surface area contributed by atoms with Crippen LogP contribution in [0, 0.1) is 5.41 Å². The number of hydrogen-bond donors (Lipinski definition) is 0. The van der Waals surface area contributed by atoms with Crippen molar-refractivity contribution in [3.05, 3.63) is 24.3 Å². The van der Waals surface area contributed by atoms with Crippen LogP contribution in [0.25, 0.3) is 0 Å². The van der Waals surface area contributed by atoms with E-state index in [4.69, 9.17) is 4.74 Å². The van der Waals surface area contributed by atoms with Gasteiger partial charge in [0, 0.05) is 36.4 Å². The minimum atomic E-state index is -0.528. The minimum Gasteiger partial charge on any atom is -0.444 e. The molecule has 146 valence electrons. The molecule has 3 heterocycles. The van der Waals surface area contributed by atoms with E-state index in [1.165, 1.54) is 6.33 Å². The smallest absolute Gasteiger partial charge is 0.410 e. The van der Waals surface area contributed by atoms with Crippen LogP contribution < -0.4 is 0 Å². The highest BCUT2D eigenvalue weighted by atomic mass is 16.6. The van der Waals surface area contributed by atoms with Crippen LogP contribution in [0.2, 0.25) is 0 Å². The molecule has 4 rings (SSSR count). The Bertz CT molecular complexity index is 747. The number of nitrogens with zero attached hydrogens (tertiary/aromatic N) is 4. The molecule has 1 aromatic heterocycles. The first kappa shape index (κ1) is 18.2. The maximum Gasteiger partial charge on any atom is 0.410 e. The Labute approximate surface area is 160 Å². The summed E-state index contributed by atoms with van der Waals surface area (Å²) in [5.41, 5.74) is -0.109. The average molecular weight is 372 g/mol. The second-order valence-electron chi connectivity index (χ2n) is 9.30. The molecule has 3 aliphatic rings. The van der Waals surface area contributed by atoms with E-state index in [0.717, 1.165) is 25.7 Å². The van der Waals surface area contributed by atoms with Crippen molar-refractivity contribution in [2.24, 2.45) is 5.41 Å². The zero-order valence-electron chi connectivity index (χ0n) is 16.5. The summed E-state index contributed by atoms with van der Waals surface area (Å²) >= 11 is 0. The van der Waals surface area contributed by atoms with Gasteiger partial charge < -0.3 is 14.5 Å². The summed E-state index contributed by atoms with van der Waals surface area (Å²) in [6.07, 6.45) is 8.20. The van der Waals surface area contributed by atoms with Crippen molar-refractivity contribution < 1.29 is 14.3 Å². The van der Waals surface area contributed by atoms with E-state index < -0.39 is 5.60 Å². The fourth-order valence-electron chi connectivity index (χ4n) is 5.38. The first-order valence-electron chi connectivity index (χ1n) is 9.78. The van der Waals surface area contributed by atoms with Crippen LogP contribution in [0.15, 0.2) is 18.7 Å². The van der Waals surface area contributed by atoms with E-state index in [9.17, 15) is 9.59 Å². The number of rotatable bonds is 1. The molecule has 0 aromatic carbocycles. The van der Waals surface area contributed by atoms with Crippen LogP contribution in [0.1, 0.15) is 63.7 Å². The molecule has 2 saturated heterocycles. The second-order valence-corrected chi connectivity index (χ2v) is 9.30.